The number of rotatable bonds is 6. The Morgan fingerprint density at radius 1 is 1.23 bits per heavy atom. The van der Waals surface area contributed by atoms with E-state index in [1.165, 1.54) is 36.2 Å². The molecule has 186 valence electrons. The lowest BCUT2D eigenvalue weighted by Crippen LogP contribution is -2.23. The molecule has 1 saturated heterocycles. The van der Waals surface area contributed by atoms with Crippen LogP contribution in [0, 0.1) is 12.7 Å². The zero-order valence-electron chi connectivity index (χ0n) is 18.8. The van der Waals surface area contributed by atoms with E-state index < -0.39 is 23.5 Å². The number of alkyl halides is 3. The predicted octanol–water partition coefficient (Wildman–Crippen LogP) is 6.14. The zero-order valence-corrected chi connectivity index (χ0v) is 20.4. The van der Waals surface area contributed by atoms with E-state index in [1.807, 2.05) is 4.90 Å². The van der Waals surface area contributed by atoms with Crippen LogP contribution in [0.1, 0.15) is 52.5 Å². The summed E-state index contributed by atoms with van der Waals surface area (Å²) in [4.78, 5) is 14.4. The number of carbonyl (C=O) groups is 1. The van der Waals surface area contributed by atoms with Crippen molar-refractivity contribution in [2.75, 3.05) is 13.1 Å². The largest absolute Gasteiger partial charge is 0.416 e. The highest BCUT2D eigenvalue weighted by Crippen LogP contribution is 2.36. The Labute approximate surface area is 208 Å². The van der Waals surface area contributed by atoms with E-state index in [-0.39, 0.29) is 28.7 Å². The third-order valence-electron chi connectivity index (χ3n) is 6.43. The number of aromatic nitrogens is 2. The van der Waals surface area contributed by atoms with Gasteiger partial charge in [0.1, 0.15) is 5.82 Å². The first-order chi connectivity index (χ1) is 16.6. The number of carbonyl (C=O) groups excluding carboxylic acids is 1. The Morgan fingerprint density at radius 3 is 2.71 bits per heavy atom. The van der Waals surface area contributed by atoms with Crippen molar-refractivity contribution < 1.29 is 22.4 Å². The van der Waals surface area contributed by atoms with Crippen molar-refractivity contribution in [3.8, 4) is 0 Å². The van der Waals surface area contributed by atoms with Crippen molar-refractivity contribution in [1.29, 1.82) is 0 Å². The van der Waals surface area contributed by atoms with E-state index in [1.54, 1.807) is 11.6 Å². The second-order valence-corrected chi connectivity index (χ2v) is 10.6. The fraction of sp³-hybridized carbons (Fsp3) is 0.417. The molecule has 5 nitrogen and oxygen atoms in total. The number of hydrogen-bond acceptors (Lipinski definition) is 4. The highest BCUT2D eigenvalue weighted by atomic mass is 35.5. The fourth-order valence-corrected chi connectivity index (χ4v) is 5.46. The average molecular weight is 527 g/mol. The van der Waals surface area contributed by atoms with Gasteiger partial charge < -0.3 is 0 Å². The Bertz CT molecular complexity index is 1290. The molecule has 3 aromatic rings. The van der Waals surface area contributed by atoms with Crippen molar-refractivity contribution >= 4 is 40.4 Å². The highest BCUT2D eigenvalue weighted by molar-refractivity contribution is 7.98. The molecular formula is C24H23ClF4N4OS. The second kappa shape index (κ2) is 9.29. The number of likely N-dealkylation sites (tertiary alicyclic amines) is 1. The molecule has 1 aliphatic heterocycles. The van der Waals surface area contributed by atoms with Crippen molar-refractivity contribution in [2.24, 2.45) is 0 Å². The van der Waals surface area contributed by atoms with Gasteiger partial charge in [0.2, 0.25) is 0 Å². The van der Waals surface area contributed by atoms with Gasteiger partial charge in [0, 0.05) is 41.4 Å². The maximum atomic E-state index is 14.9. The van der Waals surface area contributed by atoms with Gasteiger partial charge in [-0.05, 0) is 68.0 Å². The number of fused-ring (bicyclic) bond motifs is 1. The van der Waals surface area contributed by atoms with E-state index in [4.69, 9.17) is 11.6 Å². The zero-order chi connectivity index (χ0) is 24.9. The van der Waals surface area contributed by atoms with E-state index in [0.29, 0.717) is 41.4 Å². The third kappa shape index (κ3) is 5.15. The van der Waals surface area contributed by atoms with Gasteiger partial charge in [-0.1, -0.05) is 11.6 Å². The minimum Gasteiger partial charge on any atom is -0.297 e. The summed E-state index contributed by atoms with van der Waals surface area (Å²) >= 11 is 7.29. The average Bonchev–Trinajstić information content (AvgIpc) is 3.42. The summed E-state index contributed by atoms with van der Waals surface area (Å²) in [7, 11) is 0. The molecule has 1 unspecified atom stereocenters. The molecule has 5 rings (SSSR count). The minimum absolute atomic E-state index is 0.0259. The molecule has 1 saturated carbocycles. The quantitative estimate of drug-likeness (QED) is 0.309. The summed E-state index contributed by atoms with van der Waals surface area (Å²) in [5, 5.41) is 5.93. The molecule has 1 atom stereocenters. The third-order valence-corrected chi connectivity index (χ3v) is 7.77. The molecule has 0 bridgehead atoms. The molecular weight excluding hydrogens is 504 g/mol. The minimum atomic E-state index is -4.47. The summed E-state index contributed by atoms with van der Waals surface area (Å²) in [5.74, 6) is -1.10. The number of halogens is 5. The van der Waals surface area contributed by atoms with Crippen LogP contribution in [0.3, 0.4) is 0 Å². The molecule has 1 aromatic heterocycles. The normalized spacial score (nSPS) is 19.0. The van der Waals surface area contributed by atoms with Gasteiger partial charge in [0.25, 0.3) is 5.91 Å². The number of hydrogen-bond donors (Lipinski definition) is 1. The highest BCUT2D eigenvalue weighted by Gasteiger charge is 2.35. The molecule has 1 N–H and O–H groups in total. The van der Waals surface area contributed by atoms with Gasteiger partial charge in [0.15, 0.2) is 0 Å². The van der Waals surface area contributed by atoms with Crippen LogP contribution in [0.2, 0.25) is 5.02 Å². The molecule has 0 spiro atoms. The van der Waals surface area contributed by atoms with Crippen LogP contribution in [-0.2, 0) is 12.7 Å². The molecule has 1 amide bonds. The van der Waals surface area contributed by atoms with Gasteiger partial charge in [0.05, 0.1) is 28.4 Å². The Balaban J connectivity index is 1.36. The van der Waals surface area contributed by atoms with E-state index >= 15 is 0 Å². The molecule has 35 heavy (non-hydrogen) atoms. The van der Waals surface area contributed by atoms with Crippen LogP contribution < -0.4 is 4.72 Å². The van der Waals surface area contributed by atoms with Crippen molar-refractivity contribution in [1.82, 2.24) is 19.4 Å². The van der Waals surface area contributed by atoms with Gasteiger partial charge in [-0.3, -0.25) is 19.1 Å². The van der Waals surface area contributed by atoms with Crippen LogP contribution in [-0.4, -0.2) is 38.9 Å². The van der Waals surface area contributed by atoms with Gasteiger partial charge in [-0.25, -0.2) is 4.39 Å². The van der Waals surface area contributed by atoms with Crippen LogP contribution in [0.4, 0.5) is 17.6 Å². The summed E-state index contributed by atoms with van der Waals surface area (Å²) < 4.78 is 59.7. The van der Waals surface area contributed by atoms with Gasteiger partial charge >= 0.3 is 6.18 Å². The molecule has 2 fully saturated rings. The Hall–Kier alpha value is -2.30. The lowest BCUT2D eigenvalue weighted by molar-refractivity contribution is -0.138. The van der Waals surface area contributed by atoms with Gasteiger partial charge in [-0.15, -0.1) is 0 Å². The predicted molar refractivity (Wildman–Crippen MR) is 128 cm³/mol. The molecule has 2 aliphatic rings. The molecule has 1 aliphatic carbocycles. The number of aryl methyl sites for hydroxylation is 1. The second-order valence-electron chi connectivity index (χ2n) is 9.10. The van der Waals surface area contributed by atoms with E-state index in [2.05, 4.69) is 9.82 Å². The topological polar surface area (TPSA) is 50.2 Å². The number of nitrogens with one attached hydrogen (secondary N) is 1. The van der Waals surface area contributed by atoms with Crippen LogP contribution >= 0.6 is 23.5 Å². The summed E-state index contributed by atoms with van der Waals surface area (Å²) in [6, 6.07) is 6.33. The molecule has 2 aromatic carbocycles. The van der Waals surface area contributed by atoms with Crippen molar-refractivity contribution in [3.63, 3.8) is 0 Å². The number of nitrogens with zero attached hydrogens (tertiary/aromatic N) is 3. The number of benzene rings is 2. The van der Waals surface area contributed by atoms with Crippen LogP contribution in [0.5, 0.6) is 0 Å². The van der Waals surface area contributed by atoms with Crippen molar-refractivity contribution in [2.45, 2.75) is 50.2 Å². The van der Waals surface area contributed by atoms with Crippen LogP contribution in [0.15, 0.2) is 30.3 Å². The summed E-state index contributed by atoms with van der Waals surface area (Å²) in [6.07, 6.45) is -1.72. The standard InChI is InChI=1S/C24H23ClF4N4OS/c1-13-18-9-19(23(34)31-35-17-3-4-17)21(26)10-22(18)33(30-13)16-6-7-32(12-16)11-14-8-15(25)2-5-20(14)24(27,28)29/h2,5,8-10,16-17H,3-4,6-7,11-12H2,1H3,(H,31,34). The maximum Gasteiger partial charge on any atom is 0.416 e. The maximum absolute atomic E-state index is 14.9. The first kappa shape index (κ1) is 24.4. The van der Waals surface area contributed by atoms with Crippen LogP contribution in [0.25, 0.3) is 10.9 Å². The molecule has 11 heteroatoms. The fourth-order valence-electron chi connectivity index (χ4n) is 4.51. The number of amides is 1. The Morgan fingerprint density at radius 2 is 2.00 bits per heavy atom. The summed E-state index contributed by atoms with van der Waals surface area (Å²) in [6.45, 7) is 2.92. The lowest BCUT2D eigenvalue weighted by atomic mass is 10.1. The van der Waals surface area contributed by atoms with Crippen molar-refractivity contribution in [3.05, 3.63) is 63.6 Å². The first-order valence-corrected chi connectivity index (χ1v) is 12.6. The lowest BCUT2D eigenvalue weighted by Gasteiger charge is -2.20. The van der Waals surface area contributed by atoms with Gasteiger partial charge in [-0.2, -0.15) is 18.3 Å². The smallest absolute Gasteiger partial charge is 0.297 e. The SMILES string of the molecule is Cc1nn(C2CCN(Cc3cc(Cl)ccc3C(F)(F)F)C2)c2cc(F)c(C(=O)NSC3CC3)cc12. The summed E-state index contributed by atoms with van der Waals surface area (Å²) in [5.41, 5.74) is 0.631. The van der Waals surface area contributed by atoms with E-state index in [0.717, 1.165) is 18.9 Å². The monoisotopic (exact) mass is 526 g/mol. The first-order valence-electron chi connectivity index (χ1n) is 11.3. The molecule has 0 radical (unpaired) electrons. The van der Waals surface area contributed by atoms with E-state index in [9.17, 15) is 22.4 Å². The Kier molecular flexibility index (Phi) is 6.48. The molecule has 2 heterocycles.